The van der Waals surface area contributed by atoms with Crippen molar-refractivity contribution in [3.63, 3.8) is 0 Å². The third kappa shape index (κ3) is 3.78. The van der Waals surface area contributed by atoms with Crippen molar-refractivity contribution in [2.75, 3.05) is 18.9 Å². The number of aryl methyl sites for hydroxylation is 2. The zero-order valence-corrected chi connectivity index (χ0v) is 15.1. The van der Waals surface area contributed by atoms with Crippen LogP contribution in [0.3, 0.4) is 0 Å². The molecule has 0 saturated heterocycles. The summed E-state index contributed by atoms with van der Waals surface area (Å²) in [6.45, 7) is 4.22. The first-order valence-corrected chi connectivity index (χ1v) is 8.33. The van der Waals surface area contributed by atoms with E-state index in [1.54, 1.807) is 30.1 Å². The van der Waals surface area contributed by atoms with Crippen LogP contribution in [0.2, 0.25) is 0 Å². The van der Waals surface area contributed by atoms with Gasteiger partial charge in [0.15, 0.2) is 0 Å². The molecule has 0 aliphatic carbocycles. The molecule has 7 heteroatoms. The summed E-state index contributed by atoms with van der Waals surface area (Å²) in [5.74, 6) is -0.147. The Bertz CT molecular complexity index is 992. The second kappa shape index (κ2) is 7.45. The van der Waals surface area contributed by atoms with E-state index in [1.165, 1.54) is 4.68 Å². The first-order chi connectivity index (χ1) is 12.5. The molecular weight excluding hydrogens is 330 g/mol. The van der Waals surface area contributed by atoms with Gasteiger partial charge in [-0.3, -0.25) is 14.5 Å². The number of nitrogens with zero attached hydrogens (tertiary/aromatic N) is 4. The quantitative estimate of drug-likeness (QED) is 0.760. The summed E-state index contributed by atoms with van der Waals surface area (Å²) in [5.41, 5.74) is 3.19. The zero-order chi connectivity index (χ0) is 18.7. The Hall–Kier alpha value is -3.06. The Morgan fingerprint density at radius 2 is 1.81 bits per heavy atom. The molecule has 0 bridgehead atoms. The smallest absolute Gasteiger partial charge is 0.278 e. The van der Waals surface area contributed by atoms with Crippen molar-refractivity contribution in [3.05, 3.63) is 63.9 Å². The summed E-state index contributed by atoms with van der Waals surface area (Å²) in [5, 5.41) is 11.4. The van der Waals surface area contributed by atoms with Gasteiger partial charge in [-0.2, -0.15) is 4.68 Å². The summed E-state index contributed by atoms with van der Waals surface area (Å²) >= 11 is 0. The third-order valence-corrected chi connectivity index (χ3v) is 4.16. The Morgan fingerprint density at radius 3 is 2.54 bits per heavy atom. The van der Waals surface area contributed by atoms with Crippen LogP contribution in [0.25, 0.3) is 10.9 Å². The van der Waals surface area contributed by atoms with Crippen LogP contribution in [0, 0.1) is 13.8 Å². The fourth-order valence-corrected chi connectivity index (χ4v) is 2.83. The lowest BCUT2D eigenvalue weighted by Gasteiger charge is -2.18. The van der Waals surface area contributed by atoms with Crippen LogP contribution in [0.4, 0.5) is 5.69 Å². The molecule has 1 amide bonds. The SMILES string of the molecule is Cc1cccc(C)c1NC(=O)CN(C)Cn1nnc2ccccc2c1=O. The van der Waals surface area contributed by atoms with Crippen molar-refractivity contribution in [1.82, 2.24) is 19.9 Å². The van der Waals surface area contributed by atoms with Gasteiger partial charge in [0.2, 0.25) is 5.91 Å². The van der Waals surface area contributed by atoms with Gasteiger partial charge in [-0.05, 0) is 44.2 Å². The van der Waals surface area contributed by atoms with E-state index in [1.807, 2.05) is 38.1 Å². The number of amides is 1. The average Bonchev–Trinajstić information content (AvgIpc) is 2.61. The molecule has 3 aromatic rings. The number of carbonyl (C=O) groups excluding carboxylic acids is 1. The maximum absolute atomic E-state index is 12.5. The molecular formula is C19H21N5O2. The van der Waals surface area contributed by atoms with Gasteiger partial charge in [0.25, 0.3) is 5.56 Å². The molecule has 2 aromatic carbocycles. The molecule has 0 fully saturated rings. The van der Waals surface area contributed by atoms with Crippen molar-refractivity contribution in [2.45, 2.75) is 20.5 Å². The van der Waals surface area contributed by atoms with Crippen LogP contribution < -0.4 is 10.9 Å². The van der Waals surface area contributed by atoms with E-state index in [-0.39, 0.29) is 24.7 Å². The Morgan fingerprint density at radius 1 is 1.12 bits per heavy atom. The van der Waals surface area contributed by atoms with Crippen LogP contribution in [-0.2, 0) is 11.5 Å². The van der Waals surface area contributed by atoms with Gasteiger partial charge in [0.1, 0.15) is 5.52 Å². The maximum atomic E-state index is 12.5. The lowest BCUT2D eigenvalue weighted by atomic mass is 10.1. The Balaban J connectivity index is 1.69. The number of benzene rings is 2. The van der Waals surface area contributed by atoms with Crippen LogP contribution in [-0.4, -0.2) is 39.4 Å². The molecule has 0 atom stereocenters. The first kappa shape index (κ1) is 17.8. The maximum Gasteiger partial charge on any atom is 0.278 e. The standard InChI is InChI=1S/C19H21N5O2/c1-13-7-6-8-14(2)18(13)20-17(25)11-23(3)12-24-19(26)15-9-4-5-10-16(15)21-22-24/h4-10H,11-12H2,1-3H3,(H,20,25). The van der Waals surface area contributed by atoms with Crippen LogP contribution in [0.1, 0.15) is 11.1 Å². The van der Waals surface area contributed by atoms with Gasteiger partial charge in [0.05, 0.1) is 18.6 Å². The second-order valence-electron chi connectivity index (χ2n) is 6.38. The minimum atomic E-state index is -0.224. The fraction of sp³-hybridized carbons (Fsp3) is 0.263. The largest absolute Gasteiger partial charge is 0.324 e. The zero-order valence-electron chi connectivity index (χ0n) is 15.1. The molecule has 26 heavy (non-hydrogen) atoms. The number of para-hydroxylation sites is 1. The number of fused-ring (bicyclic) bond motifs is 1. The number of hydrogen-bond acceptors (Lipinski definition) is 5. The molecule has 0 unspecified atom stereocenters. The molecule has 1 N–H and O–H groups in total. The summed E-state index contributed by atoms with van der Waals surface area (Å²) in [6, 6.07) is 12.9. The number of likely N-dealkylation sites (N-methyl/N-ethyl adjacent to an activating group) is 1. The molecule has 1 heterocycles. The van der Waals surface area contributed by atoms with Crippen molar-refractivity contribution in [2.24, 2.45) is 0 Å². The lowest BCUT2D eigenvalue weighted by molar-refractivity contribution is -0.117. The van der Waals surface area contributed by atoms with Gasteiger partial charge < -0.3 is 5.32 Å². The summed E-state index contributed by atoms with van der Waals surface area (Å²) in [7, 11) is 1.76. The average molecular weight is 351 g/mol. The van der Waals surface area contributed by atoms with E-state index >= 15 is 0 Å². The van der Waals surface area contributed by atoms with E-state index < -0.39 is 0 Å². The summed E-state index contributed by atoms with van der Waals surface area (Å²) in [6.07, 6.45) is 0. The van der Waals surface area contributed by atoms with Crippen molar-refractivity contribution >= 4 is 22.5 Å². The molecule has 0 spiro atoms. The predicted molar refractivity (Wildman–Crippen MR) is 101 cm³/mol. The minimum absolute atomic E-state index is 0.134. The van der Waals surface area contributed by atoms with Gasteiger partial charge in [-0.15, -0.1) is 5.10 Å². The van der Waals surface area contributed by atoms with Gasteiger partial charge in [-0.1, -0.05) is 35.5 Å². The molecule has 7 nitrogen and oxygen atoms in total. The molecule has 1 aromatic heterocycles. The highest BCUT2D eigenvalue weighted by Gasteiger charge is 2.12. The highest BCUT2D eigenvalue weighted by molar-refractivity contribution is 5.93. The topological polar surface area (TPSA) is 80.1 Å². The first-order valence-electron chi connectivity index (χ1n) is 8.33. The summed E-state index contributed by atoms with van der Waals surface area (Å²) in [4.78, 5) is 26.5. The molecule has 134 valence electrons. The molecule has 0 aliphatic heterocycles. The predicted octanol–water partition coefficient (Wildman–Crippen LogP) is 1.94. The number of hydrogen-bond donors (Lipinski definition) is 1. The van der Waals surface area contributed by atoms with Crippen molar-refractivity contribution in [1.29, 1.82) is 0 Å². The fourth-order valence-electron chi connectivity index (χ4n) is 2.83. The molecule has 0 aliphatic rings. The van der Waals surface area contributed by atoms with Crippen LogP contribution in [0.5, 0.6) is 0 Å². The minimum Gasteiger partial charge on any atom is -0.324 e. The van der Waals surface area contributed by atoms with E-state index in [0.29, 0.717) is 10.9 Å². The highest BCUT2D eigenvalue weighted by atomic mass is 16.2. The van der Waals surface area contributed by atoms with E-state index in [2.05, 4.69) is 15.6 Å². The monoisotopic (exact) mass is 351 g/mol. The lowest BCUT2D eigenvalue weighted by Crippen LogP contribution is -2.36. The van der Waals surface area contributed by atoms with E-state index in [0.717, 1.165) is 16.8 Å². The molecule has 0 saturated carbocycles. The van der Waals surface area contributed by atoms with Crippen molar-refractivity contribution < 1.29 is 4.79 Å². The number of aromatic nitrogens is 3. The van der Waals surface area contributed by atoms with E-state index in [9.17, 15) is 9.59 Å². The van der Waals surface area contributed by atoms with Crippen LogP contribution >= 0.6 is 0 Å². The Labute approximate surface area is 151 Å². The number of nitrogens with one attached hydrogen (secondary N) is 1. The molecule has 3 rings (SSSR count). The third-order valence-electron chi connectivity index (χ3n) is 4.16. The normalized spacial score (nSPS) is 11.1. The highest BCUT2D eigenvalue weighted by Crippen LogP contribution is 2.19. The van der Waals surface area contributed by atoms with E-state index in [4.69, 9.17) is 0 Å². The summed E-state index contributed by atoms with van der Waals surface area (Å²) < 4.78 is 1.26. The van der Waals surface area contributed by atoms with Crippen LogP contribution in [0.15, 0.2) is 47.3 Å². The number of carbonyl (C=O) groups is 1. The second-order valence-corrected chi connectivity index (χ2v) is 6.38. The van der Waals surface area contributed by atoms with Gasteiger partial charge in [0, 0.05) is 5.69 Å². The number of anilines is 1. The Kier molecular flexibility index (Phi) is 5.09. The van der Waals surface area contributed by atoms with Gasteiger partial charge >= 0.3 is 0 Å². The van der Waals surface area contributed by atoms with Crippen molar-refractivity contribution in [3.8, 4) is 0 Å². The van der Waals surface area contributed by atoms with Gasteiger partial charge in [-0.25, -0.2) is 0 Å². The number of rotatable bonds is 5. The molecule has 0 radical (unpaired) electrons.